The van der Waals surface area contributed by atoms with Crippen LogP contribution in [0.15, 0.2) is 66.9 Å². The predicted molar refractivity (Wildman–Crippen MR) is 139 cm³/mol. The Morgan fingerprint density at radius 1 is 0.971 bits per heavy atom. The Morgan fingerprint density at radius 3 is 2.51 bits per heavy atom. The van der Waals surface area contributed by atoms with Crippen molar-refractivity contribution < 1.29 is 4.79 Å². The number of anilines is 1. The van der Waals surface area contributed by atoms with E-state index in [1.807, 2.05) is 54.9 Å². The summed E-state index contributed by atoms with van der Waals surface area (Å²) in [5.41, 5.74) is 6.74. The first-order chi connectivity index (χ1) is 16.9. The number of aromatic nitrogens is 5. The molecule has 3 heterocycles. The molecule has 2 aromatic carbocycles. The minimum Gasteiger partial charge on any atom is -0.308 e. The number of carbonyl (C=O) groups excluding carboxylic acids is 1. The number of halogens is 1. The zero-order chi connectivity index (χ0) is 24.5. The molecule has 1 N–H and O–H groups in total. The summed E-state index contributed by atoms with van der Waals surface area (Å²) < 4.78 is 3.46. The van der Waals surface area contributed by atoms with Crippen LogP contribution in [0.3, 0.4) is 0 Å². The van der Waals surface area contributed by atoms with E-state index >= 15 is 0 Å². The molecule has 0 unspecified atom stereocenters. The Balaban J connectivity index is 1.36. The Labute approximate surface area is 208 Å². The van der Waals surface area contributed by atoms with Gasteiger partial charge in [-0.15, -0.1) is 0 Å². The molecule has 0 aliphatic rings. The second kappa shape index (κ2) is 9.35. The van der Waals surface area contributed by atoms with Crippen molar-refractivity contribution in [2.75, 3.05) is 5.32 Å². The molecule has 0 bridgehead atoms. The normalized spacial score (nSPS) is 11.2. The van der Waals surface area contributed by atoms with Crippen molar-refractivity contribution in [1.82, 2.24) is 24.5 Å². The smallest absolute Gasteiger partial charge is 0.247 e. The van der Waals surface area contributed by atoms with E-state index < -0.39 is 0 Å². The lowest BCUT2D eigenvalue weighted by molar-refractivity contribution is -0.116. The van der Waals surface area contributed by atoms with Crippen LogP contribution >= 0.6 is 11.6 Å². The summed E-state index contributed by atoms with van der Waals surface area (Å²) in [7, 11) is 0. The molecule has 1 amide bonds. The third-order valence-corrected chi connectivity index (χ3v) is 6.36. The number of carbonyl (C=O) groups is 1. The van der Waals surface area contributed by atoms with Crippen LogP contribution in [0.25, 0.3) is 22.2 Å². The van der Waals surface area contributed by atoms with E-state index in [0.717, 1.165) is 33.5 Å². The fourth-order valence-corrected chi connectivity index (χ4v) is 4.40. The topological polar surface area (TPSA) is 77.6 Å². The average molecular weight is 485 g/mol. The molecular formula is C27H25ClN6O. The molecular weight excluding hydrogens is 460 g/mol. The Morgan fingerprint density at radius 2 is 1.74 bits per heavy atom. The number of nitrogens with one attached hydrogen (secondary N) is 1. The van der Waals surface area contributed by atoms with E-state index in [2.05, 4.69) is 51.7 Å². The van der Waals surface area contributed by atoms with Gasteiger partial charge >= 0.3 is 0 Å². The van der Waals surface area contributed by atoms with Gasteiger partial charge in [-0.2, -0.15) is 10.2 Å². The van der Waals surface area contributed by atoms with Crippen LogP contribution < -0.4 is 5.32 Å². The van der Waals surface area contributed by atoms with Crippen LogP contribution in [-0.2, 0) is 17.9 Å². The molecule has 0 saturated carbocycles. The largest absolute Gasteiger partial charge is 0.308 e. The monoisotopic (exact) mass is 484 g/mol. The molecule has 5 aromatic rings. The fraction of sp³-hybridized carbons (Fsp3) is 0.185. The Kier molecular flexibility index (Phi) is 6.09. The number of hydrogen-bond acceptors (Lipinski definition) is 4. The summed E-state index contributed by atoms with van der Waals surface area (Å²) in [5, 5.41) is 13.7. The van der Waals surface area contributed by atoms with Crippen molar-refractivity contribution in [1.29, 1.82) is 0 Å². The Bertz CT molecular complexity index is 1530. The van der Waals surface area contributed by atoms with Crippen molar-refractivity contribution in [3.63, 3.8) is 0 Å². The minimum absolute atomic E-state index is 0.0328. The lowest BCUT2D eigenvalue weighted by Gasteiger charge is -2.07. The van der Waals surface area contributed by atoms with Crippen molar-refractivity contribution in [2.45, 2.75) is 33.9 Å². The van der Waals surface area contributed by atoms with Gasteiger partial charge in [-0.25, -0.2) is 9.67 Å². The zero-order valence-electron chi connectivity index (χ0n) is 19.8. The summed E-state index contributed by atoms with van der Waals surface area (Å²) in [4.78, 5) is 17.4. The second-order valence-electron chi connectivity index (χ2n) is 8.63. The van der Waals surface area contributed by atoms with Gasteiger partial charge in [0.15, 0.2) is 11.5 Å². The molecule has 35 heavy (non-hydrogen) atoms. The van der Waals surface area contributed by atoms with E-state index in [-0.39, 0.29) is 12.5 Å². The molecule has 176 valence electrons. The van der Waals surface area contributed by atoms with Gasteiger partial charge in [0.25, 0.3) is 0 Å². The van der Waals surface area contributed by atoms with Crippen molar-refractivity contribution in [2.24, 2.45) is 0 Å². The number of amides is 1. The standard InChI is InChI=1S/C27H25ClN6O/c1-17-8-10-20(11-9-17)22-12-13-29-27-26(22)19(3)31-34(27)16-25(35)30-24-14-18(2)33(32-24)15-21-6-4-5-7-23(21)28/h4-14H,15-16H2,1-3H3,(H,30,32,35). The number of nitrogens with zero attached hydrogens (tertiary/aromatic N) is 5. The number of benzene rings is 2. The van der Waals surface area contributed by atoms with Gasteiger partial charge in [0.05, 0.1) is 12.2 Å². The number of pyridine rings is 1. The van der Waals surface area contributed by atoms with E-state index in [0.29, 0.717) is 23.0 Å². The van der Waals surface area contributed by atoms with E-state index in [1.54, 1.807) is 10.9 Å². The van der Waals surface area contributed by atoms with Crippen LogP contribution in [0.1, 0.15) is 22.5 Å². The zero-order valence-corrected chi connectivity index (χ0v) is 20.5. The fourth-order valence-electron chi connectivity index (χ4n) is 4.20. The maximum atomic E-state index is 12.9. The molecule has 0 radical (unpaired) electrons. The number of fused-ring (bicyclic) bond motifs is 1. The van der Waals surface area contributed by atoms with E-state index in [4.69, 9.17) is 11.6 Å². The van der Waals surface area contributed by atoms with E-state index in [1.165, 1.54) is 5.56 Å². The number of rotatable bonds is 6. The van der Waals surface area contributed by atoms with Gasteiger partial charge < -0.3 is 5.32 Å². The molecule has 8 heteroatoms. The van der Waals surface area contributed by atoms with Crippen LogP contribution in [0.5, 0.6) is 0 Å². The van der Waals surface area contributed by atoms with Crippen molar-refractivity contribution in [3.8, 4) is 11.1 Å². The van der Waals surface area contributed by atoms with Gasteiger partial charge in [0, 0.05) is 28.4 Å². The Hall–Kier alpha value is -3.97. The molecule has 0 saturated heterocycles. The summed E-state index contributed by atoms with van der Waals surface area (Å²) in [6.07, 6.45) is 1.76. The highest BCUT2D eigenvalue weighted by Crippen LogP contribution is 2.30. The molecule has 3 aromatic heterocycles. The van der Waals surface area contributed by atoms with Crippen LogP contribution in [-0.4, -0.2) is 30.5 Å². The molecule has 0 atom stereocenters. The first-order valence-electron chi connectivity index (χ1n) is 11.4. The van der Waals surface area contributed by atoms with Gasteiger partial charge in [-0.05, 0) is 49.6 Å². The predicted octanol–water partition coefficient (Wildman–Crippen LogP) is 5.56. The van der Waals surface area contributed by atoms with Crippen LogP contribution in [0.4, 0.5) is 5.82 Å². The van der Waals surface area contributed by atoms with Gasteiger partial charge in [0.1, 0.15) is 6.54 Å². The molecule has 5 rings (SSSR count). The van der Waals surface area contributed by atoms with Crippen LogP contribution in [0.2, 0.25) is 5.02 Å². The van der Waals surface area contributed by atoms with Gasteiger partial charge in [-0.1, -0.05) is 59.6 Å². The lowest BCUT2D eigenvalue weighted by atomic mass is 10.0. The maximum absolute atomic E-state index is 12.9. The van der Waals surface area contributed by atoms with Gasteiger partial charge in [0.2, 0.25) is 5.91 Å². The quantitative estimate of drug-likeness (QED) is 0.342. The van der Waals surface area contributed by atoms with Gasteiger partial charge in [-0.3, -0.25) is 9.48 Å². The molecule has 0 aliphatic carbocycles. The summed E-state index contributed by atoms with van der Waals surface area (Å²) in [6.45, 7) is 6.51. The number of aryl methyl sites for hydroxylation is 3. The summed E-state index contributed by atoms with van der Waals surface area (Å²) in [6, 6.07) is 19.8. The first-order valence-corrected chi connectivity index (χ1v) is 11.7. The van der Waals surface area contributed by atoms with Crippen molar-refractivity contribution >= 4 is 34.4 Å². The third kappa shape index (κ3) is 4.68. The molecule has 0 fully saturated rings. The van der Waals surface area contributed by atoms with Crippen LogP contribution in [0, 0.1) is 20.8 Å². The summed E-state index contributed by atoms with van der Waals surface area (Å²) >= 11 is 6.29. The molecule has 7 nitrogen and oxygen atoms in total. The minimum atomic E-state index is -0.223. The summed E-state index contributed by atoms with van der Waals surface area (Å²) in [5.74, 6) is 0.264. The highest BCUT2D eigenvalue weighted by molar-refractivity contribution is 6.31. The van der Waals surface area contributed by atoms with Crippen molar-refractivity contribution in [3.05, 3.63) is 94.4 Å². The van der Waals surface area contributed by atoms with E-state index in [9.17, 15) is 4.79 Å². The second-order valence-corrected chi connectivity index (χ2v) is 9.04. The highest BCUT2D eigenvalue weighted by Gasteiger charge is 2.17. The highest BCUT2D eigenvalue weighted by atomic mass is 35.5. The maximum Gasteiger partial charge on any atom is 0.247 e. The average Bonchev–Trinajstić information content (AvgIpc) is 3.34. The molecule has 0 spiro atoms. The SMILES string of the molecule is Cc1ccc(-c2ccnc3c2c(C)nn3CC(=O)Nc2cc(C)n(Cc3ccccc3Cl)n2)cc1. The lowest BCUT2D eigenvalue weighted by Crippen LogP contribution is -2.20. The number of hydrogen-bond donors (Lipinski definition) is 1. The first kappa shape index (κ1) is 22.8. The third-order valence-electron chi connectivity index (χ3n) is 5.99. The molecule has 0 aliphatic heterocycles.